The SMILES string of the molecule is CCCC=CCC1CCC(c2cc(F)c(C(F)(F)F)c(F)c2)CC1. The van der Waals surface area contributed by atoms with Gasteiger partial charge in [-0.1, -0.05) is 25.5 Å². The molecule has 0 heterocycles. The Morgan fingerprint density at radius 1 is 1.00 bits per heavy atom. The predicted octanol–water partition coefficient (Wildman–Crippen LogP) is 7.00. The molecule has 0 aromatic heterocycles. The van der Waals surface area contributed by atoms with Crippen LogP contribution in [-0.4, -0.2) is 0 Å². The summed E-state index contributed by atoms with van der Waals surface area (Å²) in [5, 5.41) is 0. The lowest BCUT2D eigenvalue weighted by Gasteiger charge is -2.28. The molecule has 1 saturated carbocycles. The second-order valence-corrected chi connectivity index (χ2v) is 6.57. The first-order valence-corrected chi connectivity index (χ1v) is 8.54. The van der Waals surface area contributed by atoms with E-state index in [2.05, 4.69) is 19.1 Å². The highest BCUT2D eigenvalue weighted by molar-refractivity contribution is 5.30. The molecule has 0 saturated heterocycles. The van der Waals surface area contributed by atoms with Crippen LogP contribution in [0.15, 0.2) is 24.3 Å². The van der Waals surface area contributed by atoms with Crippen LogP contribution in [0.25, 0.3) is 0 Å². The Morgan fingerprint density at radius 2 is 1.58 bits per heavy atom. The molecule has 1 aromatic carbocycles. The van der Waals surface area contributed by atoms with E-state index in [1.807, 2.05) is 0 Å². The van der Waals surface area contributed by atoms with Crippen molar-refractivity contribution in [2.75, 3.05) is 0 Å². The van der Waals surface area contributed by atoms with Crippen molar-refractivity contribution in [3.05, 3.63) is 47.0 Å². The average Bonchev–Trinajstić information content (AvgIpc) is 2.50. The van der Waals surface area contributed by atoms with Crippen LogP contribution in [-0.2, 0) is 6.18 Å². The summed E-state index contributed by atoms with van der Waals surface area (Å²) >= 11 is 0. The maximum Gasteiger partial charge on any atom is 0.422 e. The number of allylic oxidation sites excluding steroid dienone is 2. The van der Waals surface area contributed by atoms with Crippen molar-refractivity contribution in [1.29, 1.82) is 0 Å². The van der Waals surface area contributed by atoms with Crippen molar-refractivity contribution in [3.63, 3.8) is 0 Å². The van der Waals surface area contributed by atoms with Gasteiger partial charge >= 0.3 is 6.18 Å². The second-order valence-electron chi connectivity index (χ2n) is 6.57. The third-order valence-corrected chi connectivity index (χ3v) is 4.76. The van der Waals surface area contributed by atoms with E-state index >= 15 is 0 Å². The highest BCUT2D eigenvalue weighted by Gasteiger charge is 2.38. The van der Waals surface area contributed by atoms with Gasteiger partial charge in [0.1, 0.15) is 17.2 Å². The zero-order chi connectivity index (χ0) is 17.7. The third-order valence-electron chi connectivity index (χ3n) is 4.76. The monoisotopic (exact) mass is 346 g/mol. The third kappa shape index (κ3) is 4.81. The molecule has 0 bridgehead atoms. The maximum atomic E-state index is 13.7. The minimum Gasteiger partial charge on any atom is -0.206 e. The normalized spacial score (nSPS) is 22.2. The maximum absolute atomic E-state index is 13.7. The average molecular weight is 346 g/mol. The Kier molecular flexibility index (Phi) is 6.41. The van der Waals surface area contributed by atoms with Crippen LogP contribution in [0.2, 0.25) is 0 Å². The summed E-state index contributed by atoms with van der Waals surface area (Å²) in [6.07, 6.45) is 5.94. The van der Waals surface area contributed by atoms with Crippen molar-refractivity contribution in [2.45, 2.75) is 64.0 Å². The van der Waals surface area contributed by atoms with E-state index in [0.717, 1.165) is 57.1 Å². The van der Waals surface area contributed by atoms with E-state index in [9.17, 15) is 22.0 Å². The smallest absolute Gasteiger partial charge is 0.206 e. The topological polar surface area (TPSA) is 0 Å². The van der Waals surface area contributed by atoms with Crippen LogP contribution in [0.3, 0.4) is 0 Å². The van der Waals surface area contributed by atoms with Crippen molar-refractivity contribution < 1.29 is 22.0 Å². The molecule has 1 fully saturated rings. The van der Waals surface area contributed by atoms with Gasteiger partial charge in [-0.15, -0.1) is 0 Å². The number of rotatable bonds is 5. The van der Waals surface area contributed by atoms with E-state index in [0.29, 0.717) is 11.5 Å². The summed E-state index contributed by atoms with van der Waals surface area (Å²) in [4.78, 5) is 0. The van der Waals surface area contributed by atoms with E-state index in [1.54, 1.807) is 0 Å². The number of alkyl halides is 3. The number of unbranched alkanes of at least 4 members (excludes halogenated alkanes) is 1. The van der Waals surface area contributed by atoms with Gasteiger partial charge in [0.2, 0.25) is 0 Å². The summed E-state index contributed by atoms with van der Waals surface area (Å²) < 4.78 is 65.3. The Labute approximate surface area is 139 Å². The van der Waals surface area contributed by atoms with Gasteiger partial charge in [0.15, 0.2) is 0 Å². The van der Waals surface area contributed by atoms with Gasteiger partial charge in [-0.05, 0) is 68.1 Å². The fourth-order valence-corrected chi connectivity index (χ4v) is 3.40. The molecule has 0 amide bonds. The van der Waals surface area contributed by atoms with E-state index in [4.69, 9.17) is 0 Å². The molecule has 1 aliphatic rings. The minimum absolute atomic E-state index is 0.0628. The van der Waals surface area contributed by atoms with Crippen LogP contribution < -0.4 is 0 Å². The van der Waals surface area contributed by atoms with Crippen LogP contribution in [0.1, 0.15) is 68.9 Å². The Bertz CT molecular complexity index is 543. The van der Waals surface area contributed by atoms with Crippen LogP contribution in [0.5, 0.6) is 0 Å². The van der Waals surface area contributed by atoms with Crippen LogP contribution >= 0.6 is 0 Å². The summed E-state index contributed by atoms with van der Waals surface area (Å²) in [5.41, 5.74) is -1.45. The minimum atomic E-state index is -5.00. The lowest BCUT2D eigenvalue weighted by molar-refractivity contribution is -0.142. The second kappa shape index (κ2) is 8.13. The molecule has 0 spiro atoms. The van der Waals surface area contributed by atoms with Crippen molar-refractivity contribution in [1.82, 2.24) is 0 Å². The fraction of sp³-hybridized carbons (Fsp3) is 0.579. The first kappa shape index (κ1) is 18.9. The fourth-order valence-electron chi connectivity index (χ4n) is 3.40. The Balaban J connectivity index is 2.00. The van der Waals surface area contributed by atoms with Crippen molar-refractivity contribution in [2.24, 2.45) is 5.92 Å². The van der Waals surface area contributed by atoms with E-state index < -0.39 is 23.4 Å². The lowest BCUT2D eigenvalue weighted by Crippen LogP contribution is -2.16. The highest BCUT2D eigenvalue weighted by Crippen LogP contribution is 2.40. The van der Waals surface area contributed by atoms with E-state index in [1.165, 1.54) is 0 Å². The molecule has 0 radical (unpaired) electrons. The first-order valence-electron chi connectivity index (χ1n) is 8.54. The van der Waals surface area contributed by atoms with Gasteiger partial charge in [-0.2, -0.15) is 13.2 Å². The molecular weight excluding hydrogens is 323 g/mol. The van der Waals surface area contributed by atoms with Gasteiger partial charge in [-0.3, -0.25) is 0 Å². The molecule has 0 aliphatic heterocycles. The molecule has 5 heteroatoms. The quantitative estimate of drug-likeness (QED) is 0.397. The number of hydrogen-bond donors (Lipinski definition) is 0. The standard InChI is InChI=1S/C19H23F5/c1-2-3-4-5-6-13-7-9-14(10-8-13)15-11-16(20)18(17(21)12-15)19(22,23)24/h4-5,11-14H,2-3,6-10H2,1H3. The van der Waals surface area contributed by atoms with Crippen molar-refractivity contribution >= 4 is 0 Å². The molecule has 1 aliphatic carbocycles. The Hall–Kier alpha value is -1.39. The van der Waals surface area contributed by atoms with Gasteiger partial charge in [0, 0.05) is 0 Å². The number of benzene rings is 1. The molecule has 2 rings (SSSR count). The lowest BCUT2D eigenvalue weighted by atomic mass is 9.77. The predicted molar refractivity (Wildman–Crippen MR) is 84.7 cm³/mol. The Morgan fingerprint density at radius 3 is 2.08 bits per heavy atom. The van der Waals surface area contributed by atoms with Crippen molar-refractivity contribution in [3.8, 4) is 0 Å². The molecule has 134 valence electrons. The van der Waals surface area contributed by atoms with Gasteiger partial charge in [0.25, 0.3) is 0 Å². The van der Waals surface area contributed by atoms with Crippen LogP contribution in [0, 0.1) is 17.6 Å². The van der Waals surface area contributed by atoms with Gasteiger partial charge in [-0.25, -0.2) is 8.78 Å². The zero-order valence-corrected chi connectivity index (χ0v) is 13.8. The first-order chi connectivity index (χ1) is 11.3. The molecule has 0 nitrogen and oxygen atoms in total. The van der Waals surface area contributed by atoms with Crippen LogP contribution in [0.4, 0.5) is 22.0 Å². The van der Waals surface area contributed by atoms with E-state index in [-0.39, 0.29) is 5.92 Å². The number of halogens is 5. The van der Waals surface area contributed by atoms with Gasteiger partial charge < -0.3 is 0 Å². The summed E-state index contributed by atoms with van der Waals surface area (Å²) in [5.74, 6) is -2.53. The molecule has 24 heavy (non-hydrogen) atoms. The highest BCUT2D eigenvalue weighted by atomic mass is 19.4. The zero-order valence-electron chi connectivity index (χ0n) is 13.8. The molecule has 0 N–H and O–H groups in total. The summed E-state index contributed by atoms with van der Waals surface area (Å²) in [7, 11) is 0. The number of hydrogen-bond acceptors (Lipinski definition) is 0. The molecule has 1 aromatic rings. The molecular formula is C19H23F5. The van der Waals surface area contributed by atoms with Gasteiger partial charge in [0.05, 0.1) is 0 Å². The molecule has 0 unspecified atom stereocenters. The summed E-state index contributed by atoms with van der Waals surface area (Å²) in [6, 6.07) is 1.72. The summed E-state index contributed by atoms with van der Waals surface area (Å²) in [6.45, 7) is 2.12. The largest absolute Gasteiger partial charge is 0.422 e. The molecule has 0 atom stereocenters.